The van der Waals surface area contributed by atoms with Crippen LogP contribution in [0.3, 0.4) is 0 Å². The predicted molar refractivity (Wildman–Crippen MR) is 101 cm³/mol. The number of nitrogens with zero attached hydrogens (tertiary/aromatic N) is 2. The molecule has 0 spiro atoms. The number of hydrogen-bond donors (Lipinski definition) is 1. The van der Waals surface area contributed by atoms with Crippen LogP contribution in [0.25, 0.3) is 0 Å². The van der Waals surface area contributed by atoms with Gasteiger partial charge >= 0.3 is 0 Å². The number of halogens is 2. The van der Waals surface area contributed by atoms with Crippen molar-refractivity contribution in [3.8, 4) is 5.75 Å². The van der Waals surface area contributed by atoms with E-state index in [1.54, 1.807) is 24.4 Å². The fourth-order valence-corrected chi connectivity index (χ4v) is 2.79. The molecular formula is C18H19Cl2N3O3. The second-order valence-electron chi connectivity index (χ2n) is 5.76. The third-order valence-corrected chi connectivity index (χ3v) is 4.63. The summed E-state index contributed by atoms with van der Waals surface area (Å²) in [4.78, 5) is 18.6. The molecule has 1 saturated heterocycles. The predicted octanol–water partition coefficient (Wildman–Crippen LogP) is 2.92. The maximum absolute atomic E-state index is 12.0. The number of carbonyl (C=O) groups is 1. The Morgan fingerprint density at radius 3 is 2.77 bits per heavy atom. The Balaban J connectivity index is 1.48. The van der Waals surface area contributed by atoms with Crippen LogP contribution in [0.2, 0.25) is 10.0 Å². The summed E-state index contributed by atoms with van der Waals surface area (Å²) >= 11 is 11.8. The number of anilines is 1. The minimum Gasteiger partial charge on any atom is -0.484 e. The summed E-state index contributed by atoms with van der Waals surface area (Å²) in [5.74, 6) is 1.17. The lowest BCUT2D eigenvalue weighted by Crippen LogP contribution is -2.36. The van der Waals surface area contributed by atoms with Gasteiger partial charge in [-0.2, -0.15) is 0 Å². The van der Waals surface area contributed by atoms with Crippen molar-refractivity contribution in [2.75, 3.05) is 37.8 Å². The first-order chi connectivity index (χ1) is 12.6. The summed E-state index contributed by atoms with van der Waals surface area (Å²) in [5, 5.41) is 3.66. The van der Waals surface area contributed by atoms with Crippen molar-refractivity contribution in [3.05, 3.63) is 52.1 Å². The maximum Gasteiger partial charge on any atom is 0.258 e. The Hall–Kier alpha value is -2.02. The van der Waals surface area contributed by atoms with Crippen LogP contribution in [0.4, 0.5) is 5.82 Å². The van der Waals surface area contributed by atoms with Crippen molar-refractivity contribution >= 4 is 34.9 Å². The van der Waals surface area contributed by atoms with E-state index in [0.717, 1.165) is 24.5 Å². The third-order valence-electron chi connectivity index (χ3n) is 3.90. The second kappa shape index (κ2) is 9.07. The van der Waals surface area contributed by atoms with Crippen molar-refractivity contribution in [2.45, 2.75) is 6.54 Å². The summed E-state index contributed by atoms with van der Waals surface area (Å²) in [5.41, 5.74) is 0.976. The molecule has 1 aliphatic heterocycles. The summed E-state index contributed by atoms with van der Waals surface area (Å²) in [6, 6.07) is 8.73. The average molecular weight is 396 g/mol. The molecule has 26 heavy (non-hydrogen) atoms. The molecule has 1 aliphatic rings. The molecule has 8 heteroatoms. The Kier molecular flexibility index (Phi) is 6.55. The monoisotopic (exact) mass is 395 g/mol. The van der Waals surface area contributed by atoms with Gasteiger partial charge in [0.2, 0.25) is 0 Å². The van der Waals surface area contributed by atoms with E-state index in [1.165, 1.54) is 0 Å². The zero-order chi connectivity index (χ0) is 18.4. The Labute approximate surface area is 162 Å². The van der Waals surface area contributed by atoms with E-state index >= 15 is 0 Å². The molecule has 0 atom stereocenters. The minimum atomic E-state index is -0.221. The highest BCUT2D eigenvalue weighted by molar-refractivity contribution is 6.42. The van der Waals surface area contributed by atoms with Crippen LogP contribution in [0, 0.1) is 0 Å². The van der Waals surface area contributed by atoms with E-state index in [2.05, 4.69) is 15.2 Å². The van der Waals surface area contributed by atoms with Gasteiger partial charge in [0.15, 0.2) is 6.61 Å². The summed E-state index contributed by atoms with van der Waals surface area (Å²) < 4.78 is 10.8. The smallest absolute Gasteiger partial charge is 0.258 e. The Morgan fingerprint density at radius 2 is 2.00 bits per heavy atom. The van der Waals surface area contributed by atoms with E-state index in [9.17, 15) is 4.79 Å². The first-order valence-corrected chi connectivity index (χ1v) is 8.99. The minimum absolute atomic E-state index is 0.0979. The summed E-state index contributed by atoms with van der Waals surface area (Å²) in [6.45, 7) is 3.35. The molecule has 2 aromatic rings. The standard InChI is InChI=1S/C18H19Cl2N3O3/c19-15-2-1-14(10-16(15)20)26-12-18(24)22-11-13-3-4-21-17(9-13)23-5-7-25-8-6-23/h1-4,9-10H,5-8,11-12H2,(H,22,24). The number of hydrogen-bond acceptors (Lipinski definition) is 5. The molecule has 1 amide bonds. The van der Waals surface area contributed by atoms with Gasteiger partial charge < -0.3 is 19.7 Å². The highest BCUT2D eigenvalue weighted by Gasteiger charge is 2.13. The lowest BCUT2D eigenvalue weighted by Gasteiger charge is -2.28. The number of aromatic nitrogens is 1. The SMILES string of the molecule is O=C(COc1ccc(Cl)c(Cl)c1)NCc1ccnc(N2CCOCC2)c1. The number of pyridine rings is 1. The van der Waals surface area contributed by atoms with Gasteiger partial charge in [0.1, 0.15) is 11.6 Å². The van der Waals surface area contributed by atoms with Gasteiger partial charge in [-0.05, 0) is 29.8 Å². The van der Waals surface area contributed by atoms with Crippen molar-refractivity contribution in [3.63, 3.8) is 0 Å². The van der Waals surface area contributed by atoms with E-state index < -0.39 is 0 Å². The van der Waals surface area contributed by atoms with Crippen LogP contribution in [0.1, 0.15) is 5.56 Å². The quantitative estimate of drug-likeness (QED) is 0.814. The third kappa shape index (κ3) is 5.24. The second-order valence-corrected chi connectivity index (χ2v) is 6.58. The summed E-state index contributed by atoms with van der Waals surface area (Å²) in [6.07, 6.45) is 1.75. The van der Waals surface area contributed by atoms with Crippen molar-refractivity contribution in [2.24, 2.45) is 0 Å². The number of nitrogens with one attached hydrogen (secondary N) is 1. The highest BCUT2D eigenvalue weighted by Crippen LogP contribution is 2.26. The van der Waals surface area contributed by atoms with Gasteiger partial charge in [-0.1, -0.05) is 23.2 Å². The van der Waals surface area contributed by atoms with Crippen LogP contribution < -0.4 is 15.0 Å². The van der Waals surface area contributed by atoms with Crippen LogP contribution in [-0.2, 0) is 16.1 Å². The van der Waals surface area contributed by atoms with Crippen molar-refractivity contribution in [1.29, 1.82) is 0 Å². The molecule has 1 aromatic heterocycles. The molecule has 0 aliphatic carbocycles. The van der Waals surface area contributed by atoms with E-state index in [1.807, 2.05) is 12.1 Å². The first kappa shape index (κ1) is 18.8. The fourth-order valence-electron chi connectivity index (χ4n) is 2.50. The van der Waals surface area contributed by atoms with Crippen molar-refractivity contribution in [1.82, 2.24) is 10.3 Å². The number of benzene rings is 1. The van der Waals surface area contributed by atoms with Crippen molar-refractivity contribution < 1.29 is 14.3 Å². The van der Waals surface area contributed by atoms with Gasteiger partial charge in [0.05, 0.1) is 23.3 Å². The van der Waals surface area contributed by atoms with Crippen LogP contribution >= 0.6 is 23.2 Å². The van der Waals surface area contributed by atoms with Gasteiger partial charge in [-0.25, -0.2) is 4.98 Å². The van der Waals surface area contributed by atoms with E-state index in [4.69, 9.17) is 32.7 Å². The molecule has 0 unspecified atom stereocenters. The molecule has 0 bridgehead atoms. The Bertz CT molecular complexity index is 767. The van der Waals surface area contributed by atoms with Crippen LogP contribution in [0.15, 0.2) is 36.5 Å². The molecule has 0 radical (unpaired) electrons. The fraction of sp³-hybridized carbons (Fsp3) is 0.333. The average Bonchev–Trinajstić information content (AvgIpc) is 2.68. The number of carbonyl (C=O) groups excluding carboxylic acids is 1. The topological polar surface area (TPSA) is 63.7 Å². The molecule has 6 nitrogen and oxygen atoms in total. The number of amides is 1. The maximum atomic E-state index is 12.0. The molecule has 1 N–H and O–H groups in total. The molecule has 1 fully saturated rings. The van der Waals surface area contributed by atoms with Crippen LogP contribution in [-0.4, -0.2) is 43.8 Å². The summed E-state index contributed by atoms with van der Waals surface area (Å²) in [7, 11) is 0. The molecule has 1 aromatic carbocycles. The van der Waals surface area contributed by atoms with Gasteiger partial charge in [-0.15, -0.1) is 0 Å². The molecule has 2 heterocycles. The lowest BCUT2D eigenvalue weighted by atomic mass is 10.2. The normalized spacial score (nSPS) is 14.2. The van der Waals surface area contributed by atoms with Gasteiger partial charge in [-0.3, -0.25) is 4.79 Å². The van der Waals surface area contributed by atoms with Gasteiger partial charge in [0, 0.05) is 31.9 Å². The molecule has 138 valence electrons. The first-order valence-electron chi connectivity index (χ1n) is 8.24. The lowest BCUT2D eigenvalue weighted by molar-refractivity contribution is -0.123. The Morgan fingerprint density at radius 1 is 1.19 bits per heavy atom. The number of ether oxygens (including phenoxy) is 2. The molecule has 0 saturated carbocycles. The van der Waals surface area contributed by atoms with E-state index in [0.29, 0.717) is 35.6 Å². The largest absolute Gasteiger partial charge is 0.484 e. The molecule has 3 rings (SSSR count). The zero-order valence-corrected chi connectivity index (χ0v) is 15.6. The zero-order valence-electron chi connectivity index (χ0n) is 14.1. The van der Waals surface area contributed by atoms with Gasteiger partial charge in [0.25, 0.3) is 5.91 Å². The molecular weight excluding hydrogens is 377 g/mol. The number of rotatable bonds is 6. The highest BCUT2D eigenvalue weighted by atomic mass is 35.5. The number of morpholine rings is 1. The van der Waals surface area contributed by atoms with E-state index in [-0.39, 0.29) is 12.5 Å². The van der Waals surface area contributed by atoms with Crippen LogP contribution in [0.5, 0.6) is 5.75 Å².